The highest BCUT2D eigenvalue weighted by Crippen LogP contribution is 2.47. The van der Waals surface area contributed by atoms with Crippen molar-refractivity contribution in [3.05, 3.63) is 71.3 Å². The van der Waals surface area contributed by atoms with E-state index in [1.165, 1.54) is 23.8 Å². The molecule has 2 aromatic rings. The molecule has 3 rings (SSSR count). The molecule has 2 unspecified atom stereocenters. The van der Waals surface area contributed by atoms with Crippen molar-refractivity contribution in [2.45, 2.75) is 70.4 Å². The summed E-state index contributed by atoms with van der Waals surface area (Å²) in [6.07, 6.45) is 4.95. The Morgan fingerprint density at radius 3 is 2.27 bits per heavy atom. The minimum Gasteiger partial charge on any atom is -0.297 e. The predicted octanol–water partition coefficient (Wildman–Crippen LogP) is 6.61. The zero-order valence-electron chi connectivity index (χ0n) is 18.1. The quantitative estimate of drug-likeness (QED) is 0.465. The highest BCUT2D eigenvalue weighted by atomic mass is 19.1. The molecule has 30 heavy (non-hydrogen) atoms. The van der Waals surface area contributed by atoms with Crippen molar-refractivity contribution in [2.75, 3.05) is 6.54 Å². The second-order valence-corrected chi connectivity index (χ2v) is 8.60. The van der Waals surface area contributed by atoms with E-state index in [1.54, 1.807) is 0 Å². The molecule has 1 saturated carbocycles. The average Bonchev–Trinajstić information content (AvgIpc) is 3.30. The molecule has 0 saturated heterocycles. The molecule has 0 amide bonds. The summed E-state index contributed by atoms with van der Waals surface area (Å²) in [4.78, 5) is 2.36. The van der Waals surface area contributed by atoms with Crippen LogP contribution in [-0.2, 0) is 12.0 Å². The van der Waals surface area contributed by atoms with Crippen LogP contribution in [-0.4, -0.2) is 17.5 Å². The fourth-order valence-corrected chi connectivity index (χ4v) is 5.10. The second-order valence-electron chi connectivity index (χ2n) is 8.60. The van der Waals surface area contributed by atoms with Crippen molar-refractivity contribution in [1.29, 1.82) is 5.26 Å². The van der Waals surface area contributed by atoms with Gasteiger partial charge in [0.1, 0.15) is 11.6 Å². The first kappa shape index (κ1) is 22.4. The van der Waals surface area contributed by atoms with Gasteiger partial charge in [-0.15, -0.1) is 0 Å². The molecule has 0 aliphatic heterocycles. The maximum Gasteiger partial charge on any atom is 0.130 e. The van der Waals surface area contributed by atoms with Crippen LogP contribution in [0.5, 0.6) is 0 Å². The molecule has 2 nitrogen and oxygen atoms in total. The van der Waals surface area contributed by atoms with Crippen LogP contribution in [0.4, 0.5) is 8.78 Å². The number of benzene rings is 2. The van der Waals surface area contributed by atoms with Crippen molar-refractivity contribution < 1.29 is 8.78 Å². The topological polar surface area (TPSA) is 27.0 Å². The Morgan fingerprint density at radius 2 is 1.70 bits per heavy atom. The number of nitrogens with zero attached hydrogens (tertiary/aromatic N) is 2. The monoisotopic (exact) mass is 410 g/mol. The van der Waals surface area contributed by atoms with Gasteiger partial charge < -0.3 is 0 Å². The van der Waals surface area contributed by atoms with E-state index in [4.69, 9.17) is 0 Å². The number of halogens is 2. The molecule has 0 heterocycles. The first-order valence-electron chi connectivity index (χ1n) is 11.2. The van der Waals surface area contributed by atoms with Gasteiger partial charge in [-0.3, -0.25) is 4.90 Å². The maximum atomic E-state index is 14.8. The molecule has 0 bridgehead atoms. The summed E-state index contributed by atoms with van der Waals surface area (Å²) >= 11 is 0. The van der Waals surface area contributed by atoms with Crippen molar-refractivity contribution in [3.8, 4) is 6.07 Å². The van der Waals surface area contributed by atoms with Crippen molar-refractivity contribution in [1.82, 2.24) is 4.90 Å². The van der Waals surface area contributed by atoms with Crippen LogP contribution >= 0.6 is 0 Å². The molecule has 2 aromatic carbocycles. The standard InChI is InChI=1S/C26H32F2N2/c1-3-30(18-21-10-5-4-6-11-21)20(2)16-17-26(19-29,22-12-7-8-13-22)25-23(27)14-9-15-24(25)28/h4-6,9-11,14-15,20,22H,3,7-8,12-13,16-18H2,1-2H3. The number of rotatable bonds is 9. The SMILES string of the molecule is CCN(Cc1ccccc1)C(C)CCC(C#N)(c1c(F)cccc1F)C1CCCC1. The summed E-state index contributed by atoms with van der Waals surface area (Å²) in [5, 5.41) is 10.3. The summed E-state index contributed by atoms with van der Waals surface area (Å²) in [6, 6.07) is 16.9. The Labute approximate surface area is 179 Å². The molecule has 160 valence electrons. The number of nitriles is 1. The van der Waals surface area contributed by atoms with Gasteiger partial charge in [0.05, 0.1) is 11.5 Å². The molecule has 0 radical (unpaired) electrons. The van der Waals surface area contributed by atoms with Crippen LogP contribution in [0, 0.1) is 28.9 Å². The van der Waals surface area contributed by atoms with Gasteiger partial charge in [0.15, 0.2) is 0 Å². The van der Waals surface area contributed by atoms with E-state index >= 15 is 0 Å². The summed E-state index contributed by atoms with van der Waals surface area (Å²) in [5.41, 5.74) is 0.123. The third-order valence-corrected chi connectivity index (χ3v) is 6.87. The Balaban J connectivity index is 1.84. The van der Waals surface area contributed by atoms with E-state index in [2.05, 4.69) is 36.9 Å². The third kappa shape index (κ3) is 4.73. The zero-order chi connectivity index (χ0) is 21.6. The predicted molar refractivity (Wildman–Crippen MR) is 117 cm³/mol. The van der Waals surface area contributed by atoms with Gasteiger partial charge in [0.25, 0.3) is 0 Å². The van der Waals surface area contributed by atoms with Crippen molar-refractivity contribution >= 4 is 0 Å². The van der Waals surface area contributed by atoms with E-state index in [0.29, 0.717) is 6.42 Å². The smallest absolute Gasteiger partial charge is 0.130 e. The van der Waals surface area contributed by atoms with Gasteiger partial charge >= 0.3 is 0 Å². The summed E-state index contributed by atoms with van der Waals surface area (Å²) in [5.74, 6) is -1.18. The summed E-state index contributed by atoms with van der Waals surface area (Å²) in [7, 11) is 0. The van der Waals surface area contributed by atoms with Gasteiger partial charge in [-0.1, -0.05) is 56.2 Å². The summed E-state index contributed by atoms with van der Waals surface area (Å²) < 4.78 is 29.6. The Hall–Kier alpha value is -2.25. The molecule has 0 aromatic heterocycles. The number of hydrogen-bond donors (Lipinski definition) is 0. The van der Waals surface area contributed by atoms with Crippen LogP contribution in [0.25, 0.3) is 0 Å². The molecule has 1 aliphatic rings. The van der Waals surface area contributed by atoms with Crippen LogP contribution in [0.3, 0.4) is 0 Å². The minimum absolute atomic E-state index is 0.00491. The lowest BCUT2D eigenvalue weighted by Gasteiger charge is -2.36. The first-order valence-corrected chi connectivity index (χ1v) is 11.2. The van der Waals surface area contributed by atoms with Crippen LogP contribution in [0.1, 0.15) is 63.5 Å². The lowest BCUT2D eigenvalue weighted by molar-refractivity contribution is 0.181. The molecule has 0 spiro atoms. The lowest BCUT2D eigenvalue weighted by atomic mass is 9.66. The molecular formula is C26H32F2N2. The van der Waals surface area contributed by atoms with Gasteiger partial charge in [0.2, 0.25) is 0 Å². The average molecular weight is 411 g/mol. The molecule has 0 N–H and O–H groups in total. The summed E-state index contributed by atoms with van der Waals surface area (Å²) in [6.45, 7) is 5.99. The maximum absolute atomic E-state index is 14.8. The molecule has 2 atom stereocenters. The van der Waals surface area contributed by atoms with Crippen LogP contribution < -0.4 is 0 Å². The van der Waals surface area contributed by atoms with Gasteiger partial charge in [-0.25, -0.2) is 8.78 Å². The van der Waals surface area contributed by atoms with Gasteiger partial charge in [0, 0.05) is 18.2 Å². The highest BCUT2D eigenvalue weighted by molar-refractivity contribution is 5.36. The zero-order valence-corrected chi connectivity index (χ0v) is 18.1. The largest absolute Gasteiger partial charge is 0.297 e. The Bertz CT molecular complexity index is 835. The molecule has 1 aliphatic carbocycles. The second kappa shape index (κ2) is 10.2. The van der Waals surface area contributed by atoms with E-state index < -0.39 is 17.0 Å². The van der Waals surface area contributed by atoms with Gasteiger partial charge in [-0.2, -0.15) is 5.26 Å². The van der Waals surface area contributed by atoms with E-state index in [1.807, 2.05) is 18.2 Å². The highest BCUT2D eigenvalue weighted by Gasteiger charge is 2.45. The van der Waals surface area contributed by atoms with E-state index in [0.717, 1.165) is 45.2 Å². The third-order valence-electron chi connectivity index (χ3n) is 6.87. The minimum atomic E-state index is -1.10. The van der Waals surface area contributed by atoms with Crippen LogP contribution in [0.2, 0.25) is 0 Å². The molecule has 4 heteroatoms. The Kier molecular flexibility index (Phi) is 7.61. The lowest BCUT2D eigenvalue weighted by Crippen LogP contribution is -2.38. The van der Waals surface area contributed by atoms with E-state index in [9.17, 15) is 14.0 Å². The number of hydrogen-bond acceptors (Lipinski definition) is 2. The van der Waals surface area contributed by atoms with Crippen molar-refractivity contribution in [3.63, 3.8) is 0 Å². The molecular weight excluding hydrogens is 378 g/mol. The Morgan fingerprint density at radius 1 is 1.07 bits per heavy atom. The fourth-order valence-electron chi connectivity index (χ4n) is 5.10. The van der Waals surface area contributed by atoms with Crippen LogP contribution in [0.15, 0.2) is 48.5 Å². The fraction of sp³-hybridized carbons (Fsp3) is 0.500. The normalized spacial score (nSPS) is 17.6. The first-order chi connectivity index (χ1) is 14.5. The van der Waals surface area contributed by atoms with E-state index in [-0.39, 0.29) is 17.5 Å². The van der Waals surface area contributed by atoms with Crippen molar-refractivity contribution in [2.24, 2.45) is 5.92 Å². The van der Waals surface area contributed by atoms with Gasteiger partial charge in [-0.05, 0) is 62.8 Å². The molecule has 1 fully saturated rings.